The molecular formula is C29H30ClNO4. The minimum Gasteiger partial charge on any atom is -0.508 e. The van der Waals surface area contributed by atoms with E-state index in [1.807, 2.05) is 36.4 Å². The first kappa shape index (κ1) is 23.6. The van der Waals surface area contributed by atoms with Crippen molar-refractivity contribution in [2.45, 2.75) is 31.7 Å². The van der Waals surface area contributed by atoms with Crippen molar-refractivity contribution in [2.24, 2.45) is 0 Å². The molecular weight excluding hydrogens is 462 g/mol. The largest absolute Gasteiger partial charge is 0.508 e. The molecule has 1 fully saturated rings. The fourth-order valence-corrected chi connectivity index (χ4v) is 5.26. The molecule has 3 aromatic rings. The zero-order valence-corrected chi connectivity index (χ0v) is 20.6. The second kappa shape index (κ2) is 10.2. The molecule has 0 bridgehead atoms. The maximum atomic E-state index is 10.3. The van der Waals surface area contributed by atoms with Crippen molar-refractivity contribution >= 4 is 22.7 Å². The average molecular weight is 492 g/mol. The van der Waals surface area contributed by atoms with Crippen molar-refractivity contribution in [3.63, 3.8) is 0 Å². The third-order valence-electron chi connectivity index (χ3n) is 6.85. The van der Waals surface area contributed by atoms with Crippen LogP contribution >= 0.6 is 11.6 Å². The number of hydrogen-bond donors (Lipinski definition) is 2. The van der Waals surface area contributed by atoms with Crippen LogP contribution in [0.15, 0.2) is 60.7 Å². The number of nitrogens with zero attached hydrogens (tertiary/aromatic N) is 1. The van der Waals surface area contributed by atoms with Gasteiger partial charge in [0.25, 0.3) is 0 Å². The van der Waals surface area contributed by atoms with Crippen molar-refractivity contribution in [1.29, 1.82) is 0 Å². The normalized spacial score (nSPS) is 18.2. The lowest BCUT2D eigenvalue weighted by Crippen LogP contribution is -2.38. The second-order valence-corrected chi connectivity index (χ2v) is 9.65. The van der Waals surface area contributed by atoms with E-state index in [2.05, 4.69) is 11.8 Å². The van der Waals surface area contributed by atoms with Gasteiger partial charge in [0, 0.05) is 23.7 Å². The Morgan fingerprint density at radius 3 is 2.60 bits per heavy atom. The number of phenols is 2. The van der Waals surface area contributed by atoms with Crippen molar-refractivity contribution in [2.75, 3.05) is 26.3 Å². The number of piperidine rings is 1. The molecule has 1 saturated heterocycles. The molecule has 0 amide bonds. The van der Waals surface area contributed by atoms with Crippen LogP contribution in [-0.4, -0.2) is 46.9 Å². The number of hydrogen-bond acceptors (Lipinski definition) is 5. The molecule has 6 heteroatoms. The Balaban J connectivity index is 1.42. The molecule has 0 aromatic heterocycles. The quantitative estimate of drug-likeness (QED) is 0.303. The molecule has 5 nitrogen and oxygen atoms in total. The molecule has 5 rings (SSSR count). The Morgan fingerprint density at radius 1 is 0.971 bits per heavy atom. The topological polar surface area (TPSA) is 62.2 Å². The van der Waals surface area contributed by atoms with E-state index in [4.69, 9.17) is 21.1 Å². The molecule has 1 unspecified atom stereocenters. The summed E-state index contributed by atoms with van der Waals surface area (Å²) in [4.78, 5) is 2.28. The van der Waals surface area contributed by atoms with E-state index in [1.165, 1.54) is 12.8 Å². The maximum absolute atomic E-state index is 10.3. The standard InChI is InChI=1S/C29H30ClNO4/c1-19-24-10-8-22(33)17-28(24)35-18-27(19)25-11-9-21(32)16-26(25)20-5-4-6-23(15-20)34-14-13-31-12-3-2-7-29(31)30/h4-6,8-11,15-17,29,32-33H,2-3,7,12-14,18H2,1H3. The Hall–Kier alpha value is -3.15. The van der Waals surface area contributed by atoms with Gasteiger partial charge in [0.15, 0.2) is 0 Å². The molecule has 0 radical (unpaired) electrons. The number of aromatic hydroxyl groups is 2. The van der Waals surface area contributed by atoms with Gasteiger partial charge in [-0.25, -0.2) is 0 Å². The highest BCUT2D eigenvalue weighted by molar-refractivity contribution is 6.20. The van der Waals surface area contributed by atoms with Crippen LogP contribution < -0.4 is 9.47 Å². The second-order valence-electron chi connectivity index (χ2n) is 9.15. The summed E-state index contributed by atoms with van der Waals surface area (Å²) < 4.78 is 12.1. The predicted molar refractivity (Wildman–Crippen MR) is 140 cm³/mol. The molecule has 0 aliphatic carbocycles. The van der Waals surface area contributed by atoms with E-state index >= 15 is 0 Å². The van der Waals surface area contributed by atoms with Gasteiger partial charge in [0.1, 0.15) is 36.2 Å². The lowest BCUT2D eigenvalue weighted by Gasteiger charge is -2.31. The first-order valence-electron chi connectivity index (χ1n) is 12.1. The molecule has 2 N–H and O–H groups in total. The van der Waals surface area contributed by atoms with Gasteiger partial charge in [-0.3, -0.25) is 4.90 Å². The van der Waals surface area contributed by atoms with E-state index in [1.54, 1.807) is 24.3 Å². The summed E-state index contributed by atoms with van der Waals surface area (Å²) in [6.45, 7) is 4.83. The van der Waals surface area contributed by atoms with Crippen LogP contribution in [0.1, 0.15) is 37.3 Å². The summed E-state index contributed by atoms with van der Waals surface area (Å²) in [5, 5.41) is 20.1. The molecule has 182 valence electrons. The summed E-state index contributed by atoms with van der Waals surface area (Å²) in [6, 6.07) is 18.6. The number of halogens is 1. The van der Waals surface area contributed by atoms with Crippen LogP contribution in [0.3, 0.4) is 0 Å². The van der Waals surface area contributed by atoms with Gasteiger partial charge in [-0.1, -0.05) is 18.2 Å². The summed E-state index contributed by atoms with van der Waals surface area (Å²) in [7, 11) is 0. The van der Waals surface area contributed by atoms with Gasteiger partial charge >= 0.3 is 0 Å². The Morgan fingerprint density at radius 2 is 1.77 bits per heavy atom. The minimum absolute atomic E-state index is 0.0943. The van der Waals surface area contributed by atoms with Crippen LogP contribution in [0, 0.1) is 0 Å². The minimum atomic E-state index is 0.0943. The van der Waals surface area contributed by atoms with Gasteiger partial charge in [-0.2, -0.15) is 0 Å². The van der Waals surface area contributed by atoms with Crippen molar-refractivity contribution in [3.05, 3.63) is 71.8 Å². The first-order valence-corrected chi connectivity index (χ1v) is 12.5. The number of ether oxygens (including phenoxy) is 2. The van der Waals surface area contributed by atoms with Crippen LogP contribution in [-0.2, 0) is 0 Å². The van der Waals surface area contributed by atoms with E-state index in [-0.39, 0.29) is 17.0 Å². The van der Waals surface area contributed by atoms with Gasteiger partial charge in [-0.15, -0.1) is 11.6 Å². The first-order chi connectivity index (χ1) is 17.0. The Bertz CT molecular complexity index is 1260. The van der Waals surface area contributed by atoms with Crippen LogP contribution in [0.25, 0.3) is 22.3 Å². The predicted octanol–water partition coefficient (Wildman–Crippen LogP) is 6.52. The van der Waals surface area contributed by atoms with Crippen molar-refractivity contribution < 1.29 is 19.7 Å². The van der Waals surface area contributed by atoms with Gasteiger partial charge in [0.2, 0.25) is 0 Å². The van der Waals surface area contributed by atoms with Crippen molar-refractivity contribution in [1.82, 2.24) is 4.90 Å². The molecule has 0 spiro atoms. The van der Waals surface area contributed by atoms with Crippen LogP contribution in [0.2, 0.25) is 0 Å². The molecule has 1 atom stereocenters. The lowest BCUT2D eigenvalue weighted by atomic mass is 9.88. The van der Waals surface area contributed by atoms with Gasteiger partial charge in [0.05, 0.1) is 5.50 Å². The molecule has 2 aliphatic heterocycles. The fourth-order valence-electron chi connectivity index (χ4n) is 4.91. The zero-order chi connectivity index (χ0) is 24.4. The SMILES string of the molecule is CC1=C(c2ccc(O)cc2-c2cccc(OCCN3CCCCC3Cl)c2)COc2cc(O)ccc21. The van der Waals surface area contributed by atoms with E-state index in [0.29, 0.717) is 19.0 Å². The molecule has 0 saturated carbocycles. The van der Waals surface area contributed by atoms with Crippen LogP contribution in [0.5, 0.6) is 23.0 Å². The summed E-state index contributed by atoms with van der Waals surface area (Å²) in [6.07, 6.45) is 3.40. The molecule has 35 heavy (non-hydrogen) atoms. The van der Waals surface area contributed by atoms with E-state index in [9.17, 15) is 10.2 Å². The smallest absolute Gasteiger partial charge is 0.130 e. The number of rotatable bonds is 6. The number of phenolic OH excluding ortho intramolecular Hbond substituents is 2. The molecule has 2 heterocycles. The molecule has 2 aliphatic rings. The summed E-state index contributed by atoms with van der Waals surface area (Å²) >= 11 is 6.45. The fraction of sp³-hybridized carbons (Fsp3) is 0.310. The summed E-state index contributed by atoms with van der Waals surface area (Å²) in [5.41, 5.74) is 6.04. The van der Waals surface area contributed by atoms with Gasteiger partial charge in [-0.05, 0) is 91.4 Å². The highest BCUT2D eigenvalue weighted by Crippen LogP contribution is 2.42. The third-order valence-corrected chi connectivity index (χ3v) is 7.34. The number of likely N-dealkylation sites (tertiary alicyclic amines) is 1. The highest BCUT2D eigenvalue weighted by Gasteiger charge is 2.22. The monoisotopic (exact) mass is 491 g/mol. The van der Waals surface area contributed by atoms with Crippen molar-refractivity contribution in [3.8, 4) is 34.1 Å². The number of benzene rings is 3. The van der Waals surface area contributed by atoms with E-state index < -0.39 is 0 Å². The molecule has 3 aromatic carbocycles. The average Bonchev–Trinajstić information content (AvgIpc) is 2.86. The Labute approximate surface area is 211 Å². The zero-order valence-electron chi connectivity index (χ0n) is 19.8. The summed E-state index contributed by atoms with van der Waals surface area (Å²) in [5.74, 6) is 1.85. The number of fused-ring (bicyclic) bond motifs is 1. The third kappa shape index (κ3) is 5.12. The van der Waals surface area contributed by atoms with Crippen LogP contribution in [0.4, 0.5) is 0 Å². The van der Waals surface area contributed by atoms with E-state index in [0.717, 1.165) is 58.7 Å². The maximum Gasteiger partial charge on any atom is 0.130 e. The van der Waals surface area contributed by atoms with Gasteiger partial charge < -0.3 is 19.7 Å². The lowest BCUT2D eigenvalue weighted by molar-refractivity contribution is 0.164. The number of allylic oxidation sites excluding steroid dienone is 1. The Kier molecular flexibility index (Phi) is 6.89. The number of alkyl halides is 1. The highest BCUT2D eigenvalue weighted by atomic mass is 35.5.